The van der Waals surface area contributed by atoms with Crippen LogP contribution in [-0.2, 0) is 13.1 Å². The molecule has 0 spiro atoms. The van der Waals surface area contributed by atoms with E-state index in [2.05, 4.69) is 20.5 Å². The van der Waals surface area contributed by atoms with Crippen molar-refractivity contribution in [2.45, 2.75) is 26.4 Å². The van der Waals surface area contributed by atoms with Crippen molar-refractivity contribution in [1.82, 2.24) is 29.9 Å². The van der Waals surface area contributed by atoms with Crippen LogP contribution in [0.25, 0.3) is 11.0 Å². The van der Waals surface area contributed by atoms with Crippen molar-refractivity contribution in [2.24, 2.45) is 0 Å². The maximum atomic E-state index is 12.5. The summed E-state index contributed by atoms with van der Waals surface area (Å²) in [5.41, 5.74) is 3.29. The van der Waals surface area contributed by atoms with Crippen molar-refractivity contribution in [3.63, 3.8) is 0 Å². The number of rotatable bonds is 9. The summed E-state index contributed by atoms with van der Waals surface area (Å²) in [6.07, 6.45) is 7.90. The van der Waals surface area contributed by atoms with E-state index >= 15 is 0 Å². The molecule has 32 heavy (non-hydrogen) atoms. The molecular formula is C23H26N6O3. The monoisotopic (exact) mass is 434 g/mol. The van der Waals surface area contributed by atoms with E-state index < -0.39 is 0 Å². The Kier molecular flexibility index (Phi) is 6.34. The van der Waals surface area contributed by atoms with Gasteiger partial charge in [-0.25, -0.2) is 9.67 Å². The Bertz CT molecular complexity index is 1230. The number of benzene rings is 1. The van der Waals surface area contributed by atoms with E-state index in [9.17, 15) is 4.79 Å². The Hall–Kier alpha value is -3.88. The minimum Gasteiger partial charge on any atom is -0.497 e. The molecule has 0 aliphatic heterocycles. The Balaban J connectivity index is 1.40. The third-order valence-corrected chi connectivity index (χ3v) is 5.16. The fraction of sp³-hybridized carbons (Fsp3) is 0.304. The third-order valence-electron chi connectivity index (χ3n) is 5.16. The van der Waals surface area contributed by atoms with Gasteiger partial charge in [0.15, 0.2) is 5.65 Å². The van der Waals surface area contributed by atoms with Gasteiger partial charge in [0, 0.05) is 42.5 Å². The molecule has 0 bridgehead atoms. The van der Waals surface area contributed by atoms with Crippen LogP contribution in [0.15, 0.2) is 49.1 Å². The molecule has 166 valence electrons. The fourth-order valence-electron chi connectivity index (χ4n) is 3.49. The van der Waals surface area contributed by atoms with Crippen molar-refractivity contribution in [3.8, 4) is 11.5 Å². The van der Waals surface area contributed by atoms with Gasteiger partial charge in [-0.05, 0) is 37.1 Å². The van der Waals surface area contributed by atoms with Crippen LogP contribution in [-0.4, -0.2) is 51.2 Å². The molecule has 4 aromatic rings. The lowest BCUT2D eigenvalue weighted by Gasteiger charge is -2.11. The van der Waals surface area contributed by atoms with Gasteiger partial charge in [-0.2, -0.15) is 10.2 Å². The highest BCUT2D eigenvalue weighted by Crippen LogP contribution is 2.26. The SMILES string of the molecule is COc1ccc(Cn2ncc3cc(C(=O)NCCCn4cc(C)cn4)cnc32)c(OC)c1. The Labute approximate surface area is 186 Å². The highest BCUT2D eigenvalue weighted by molar-refractivity contribution is 5.96. The summed E-state index contributed by atoms with van der Waals surface area (Å²) < 4.78 is 14.4. The lowest BCUT2D eigenvalue weighted by Crippen LogP contribution is -2.25. The molecule has 3 aromatic heterocycles. The van der Waals surface area contributed by atoms with Crippen molar-refractivity contribution >= 4 is 16.9 Å². The Morgan fingerprint density at radius 1 is 1.09 bits per heavy atom. The summed E-state index contributed by atoms with van der Waals surface area (Å²) in [5, 5.41) is 12.4. The van der Waals surface area contributed by atoms with Gasteiger partial charge in [-0.15, -0.1) is 0 Å². The summed E-state index contributed by atoms with van der Waals surface area (Å²) in [5.74, 6) is 1.29. The zero-order chi connectivity index (χ0) is 22.5. The van der Waals surface area contributed by atoms with Crippen molar-refractivity contribution in [1.29, 1.82) is 0 Å². The molecule has 0 aliphatic rings. The third kappa shape index (κ3) is 4.72. The second kappa shape index (κ2) is 9.51. The highest BCUT2D eigenvalue weighted by atomic mass is 16.5. The van der Waals surface area contributed by atoms with E-state index in [0.29, 0.717) is 30.0 Å². The average Bonchev–Trinajstić information content (AvgIpc) is 3.42. The van der Waals surface area contributed by atoms with Crippen LogP contribution in [0.5, 0.6) is 11.5 Å². The topological polar surface area (TPSA) is 96.1 Å². The predicted octanol–water partition coefficient (Wildman–Crippen LogP) is 2.82. The molecule has 1 N–H and O–H groups in total. The highest BCUT2D eigenvalue weighted by Gasteiger charge is 2.12. The molecule has 0 aliphatic carbocycles. The molecule has 3 heterocycles. The summed E-state index contributed by atoms with van der Waals surface area (Å²) >= 11 is 0. The first-order valence-corrected chi connectivity index (χ1v) is 10.4. The number of fused-ring (bicyclic) bond motifs is 1. The quantitative estimate of drug-likeness (QED) is 0.407. The molecule has 0 saturated heterocycles. The standard InChI is InChI=1S/C23H26N6O3/c1-16-11-26-28(14-16)8-4-7-24-23(30)19-9-18-13-27-29(22(18)25-12-19)15-17-5-6-20(31-2)10-21(17)32-3/h5-6,9-14H,4,7-8,15H2,1-3H3,(H,24,30). The fourth-order valence-corrected chi connectivity index (χ4v) is 3.49. The largest absolute Gasteiger partial charge is 0.497 e. The molecule has 0 radical (unpaired) electrons. The summed E-state index contributed by atoms with van der Waals surface area (Å²) in [6.45, 7) is 3.81. The molecule has 0 saturated carbocycles. The van der Waals surface area contributed by atoms with Gasteiger partial charge in [-0.1, -0.05) is 0 Å². The lowest BCUT2D eigenvalue weighted by atomic mass is 10.2. The number of aryl methyl sites for hydroxylation is 2. The van der Waals surface area contributed by atoms with Crippen molar-refractivity contribution in [3.05, 3.63) is 65.7 Å². The molecule has 9 heteroatoms. The predicted molar refractivity (Wildman–Crippen MR) is 120 cm³/mol. The summed E-state index contributed by atoms with van der Waals surface area (Å²) in [6, 6.07) is 7.47. The molecule has 0 unspecified atom stereocenters. The van der Waals surface area contributed by atoms with Gasteiger partial charge in [0.1, 0.15) is 11.5 Å². The minimum atomic E-state index is -0.152. The first kappa shape index (κ1) is 21.4. The number of pyridine rings is 1. The van der Waals surface area contributed by atoms with Gasteiger partial charge >= 0.3 is 0 Å². The van der Waals surface area contributed by atoms with Crippen LogP contribution in [0.2, 0.25) is 0 Å². The molecule has 9 nitrogen and oxygen atoms in total. The second-order valence-corrected chi connectivity index (χ2v) is 7.51. The summed E-state index contributed by atoms with van der Waals surface area (Å²) in [4.78, 5) is 17.0. The Morgan fingerprint density at radius 2 is 1.97 bits per heavy atom. The van der Waals surface area contributed by atoms with Gasteiger partial charge < -0.3 is 14.8 Å². The number of hydrogen-bond acceptors (Lipinski definition) is 6. The molecule has 4 rings (SSSR count). The van der Waals surface area contributed by atoms with E-state index in [4.69, 9.17) is 9.47 Å². The van der Waals surface area contributed by atoms with Gasteiger partial charge in [-0.3, -0.25) is 9.48 Å². The number of carbonyl (C=O) groups excluding carboxylic acids is 1. The number of hydrogen-bond donors (Lipinski definition) is 1. The van der Waals surface area contributed by atoms with Gasteiger partial charge in [0.2, 0.25) is 0 Å². The summed E-state index contributed by atoms with van der Waals surface area (Å²) in [7, 11) is 3.24. The van der Waals surface area contributed by atoms with Gasteiger partial charge in [0.05, 0.1) is 38.7 Å². The van der Waals surface area contributed by atoms with E-state index in [1.165, 1.54) is 0 Å². The first-order chi connectivity index (χ1) is 15.6. The normalized spacial score (nSPS) is 11.0. The van der Waals surface area contributed by atoms with Crippen molar-refractivity contribution in [2.75, 3.05) is 20.8 Å². The number of aromatic nitrogens is 5. The lowest BCUT2D eigenvalue weighted by molar-refractivity contribution is 0.0952. The molecule has 0 atom stereocenters. The number of methoxy groups -OCH3 is 2. The van der Waals surface area contributed by atoms with E-state index in [1.807, 2.05) is 48.3 Å². The number of nitrogens with one attached hydrogen (secondary N) is 1. The number of carbonyl (C=O) groups is 1. The smallest absolute Gasteiger partial charge is 0.252 e. The average molecular weight is 435 g/mol. The number of amides is 1. The van der Waals surface area contributed by atoms with Crippen LogP contribution < -0.4 is 14.8 Å². The van der Waals surface area contributed by atoms with Crippen LogP contribution in [0.1, 0.15) is 27.9 Å². The number of nitrogens with zero attached hydrogens (tertiary/aromatic N) is 5. The molecule has 1 aromatic carbocycles. The van der Waals surface area contributed by atoms with E-state index in [-0.39, 0.29) is 5.91 Å². The van der Waals surface area contributed by atoms with Crippen LogP contribution >= 0.6 is 0 Å². The van der Waals surface area contributed by atoms with E-state index in [0.717, 1.165) is 35.2 Å². The van der Waals surface area contributed by atoms with Crippen LogP contribution in [0.4, 0.5) is 0 Å². The zero-order valence-electron chi connectivity index (χ0n) is 18.4. The number of ether oxygens (including phenoxy) is 2. The molecule has 0 fully saturated rings. The van der Waals surface area contributed by atoms with Gasteiger partial charge in [0.25, 0.3) is 5.91 Å². The minimum absolute atomic E-state index is 0.152. The van der Waals surface area contributed by atoms with Crippen molar-refractivity contribution < 1.29 is 14.3 Å². The Morgan fingerprint density at radius 3 is 2.72 bits per heavy atom. The van der Waals surface area contributed by atoms with E-state index in [1.54, 1.807) is 31.3 Å². The second-order valence-electron chi connectivity index (χ2n) is 7.51. The maximum absolute atomic E-state index is 12.5. The van der Waals surface area contributed by atoms with Crippen LogP contribution in [0.3, 0.4) is 0 Å². The molecule has 1 amide bonds. The maximum Gasteiger partial charge on any atom is 0.252 e. The molecular weight excluding hydrogens is 408 g/mol. The zero-order valence-corrected chi connectivity index (χ0v) is 18.4. The van der Waals surface area contributed by atoms with Crippen LogP contribution in [0, 0.1) is 6.92 Å². The first-order valence-electron chi connectivity index (χ1n) is 10.4.